The highest BCUT2D eigenvalue weighted by molar-refractivity contribution is 7.86. The third-order valence-electron chi connectivity index (χ3n) is 2.94. The highest BCUT2D eigenvalue weighted by Gasteiger charge is 2.29. The molecule has 5 heteroatoms. The minimum Gasteiger partial charge on any atom is -0.270 e. The summed E-state index contributed by atoms with van der Waals surface area (Å²) in [6.45, 7) is 0.347. The molecule has 0 radical (unpaired) electrons. The minimum absolute atomic E-state index is 0.246. The number of rotatable bonds is 4. The summed E-state index contributed by atoms with van der Waals surface area (Å²) in [5.74, 6) is 0. The Labute approximate surface area is 104 Å². The van der Waals surface area contributed by atoms with Gasteiger partial charge in [0, 0.05) is 5.66 Å². The van der Waals surface area contributed by atoms with Crippen LogP contribution >= 0.6 is 7.92 Å². The summed E-state index contributed by atoms with van der Waals surface area (Å²) >= 11 is 0. The van der Waals surface area contributed by atoms with Crippen LogP contribution in [-0.4, -0.2) is 33.1 Å². The molecule has 94 valence electrons. The van der Waals surface area contributed by atoms with E-state index in [-0.39, 0.29) is 7.92 Å². The second-order valence-corrected chi connectivity index (χ2v) is 8.59. The molecule has 2 rings (SSSR count). The normalized spacial score (nSPS) is 25.0. The molecule has 1 aromatic rings. The van der Waals surface area contributed by atoms with Crippen molar-refractivity contribution in [2.75, 3.05) is 19.0 Å². The maximum absolute atomic E-state index is 11.0. The SMILES string of the molecule is CS(=O)(=O)OC[C@@H]1CCCP1c1ccccc1. The van der Waals surface area contributed by atoms with Crippen molar-refractivity contribution < 1.29 is 12.6 Å². The van der Waals surface area contributed by atoms with Gasteiger partial charge in [-0.15, -0.1) is 0 Å². The van der Waals surface area contributed by atoms with Crippen LogP contribution in [0.2, 0.25) is 0 Å². The van der Waals surface area contributed by atoms with E-state index in [2.05, 4.69) is 12.1 Å². The van der Waals surface area contributed by atoms with Crippen LogP contribution in [0.5, 0.6) is 0 Å². The van der Waals surface area contributed by atoms with Gasteiger partial charge in [0.2, 0.25) is 0 Å². The van der Waals surface area contributed by atoms with Crippen molar-refractivity contribution in [1.29, 1.82) is 0 Å². The molecular formula is C12H17O3PS. The van der Waals surface area contributed by atoms with Crippen LogP contribution in [0.15, 0.2) is 30.3 Å². The van der Waals surface area contributed by atoms with Gasteiger partial charge in [-0.2, -0.15) is 8.42 Å². The number of benzene rings is 1. The predicted octanol–water partition coefficient (Wildman–Crippen LogP) is 1.93. The summed E-state index contributed by atoms with van der Waals surface area (Å²) in [5.41, 5.74) is 0.391. The van der Waals surface area contributed by atoms with Crippen LogP contribution in [0.1, 0.15) is 12.8 Å². The lowest BCUT2D eigenvalue weighted by atomic mass is 10.3. The van der Waals surface area contributed by atoms with Gasteiger partial charge in [0.1, 0.15) is 0 Å². The Morgan fingerprint density at radius 3 is 2.71 bits per heavy atom. The summed E-state index contributed by atoms with van der Waals surface area (Å²) in [6, 6.07) is 10.4. The average molecular weight is 272 g/mol. The van der Waals surface area contributed by atoms with Crippen molar-refractivity contribution in [2.24, 2.45) is 0 Å². The van der Waals surface area contributed by atoms with Crippen LogP contribution in [0.4, 0.5) is 0 Å². The van der Waals surface area contributed by atoms with Gasteiger partial charge in [-0.05, 0) is 24.3 Å². The van der Waals surface area contributed by atoms with Crippen LogP contribution in [0, 0.1) is 0 Å². The van der Waals surface area contributed by atoms with Gasteiger partial charge in [0.15, 0.2) is 0 Å². The molecule has 2 atom stereocenters. The molecule has 3 nitrogen and oxygen atoms in total. The smallest absolute Gasteiger partial charge is 0.264 e. The number of hydrogen-bond acceptors (Lipinski definition) is 3. The lowest BCUT2D eigenvalue weighted by Gasteiger charge is -2.19. The third-order valence-corrected chi connectivity index (χ3v) is 6.55. The average Bonchev–Trinajstić information content (AvgIpc) is 2.75. The standard InChI is InChI=1S/C12H17O3PS/c1-17(13,14)15-10-12-8-5-9-16(12)11-6-3-2-4-7-11/h2-4,6-7,12H,5,8-10H2,1H3/t12-,16?/m0/s1. The fraction of sp³-hybridized carbons (Fsp3) is 0.500. The molecule has 0 N–H and O–H groups in total. The molecule has 1 aromatic carbocycles. The van der Waals surface area contributed by atoms with E-state index in [1.165, 1.54) is 17.9 Å². The quantitative estimate of drug-likeness (QED) is 0.621. The first-order valence-electron chi connectivity index (χ1n) is 5.72. The van der Waals surface area contributed by atoms with Gasteiger partial charge in [0.25, 0.3) is 10.1 Å². The zero-order valence-electron chi connectivity index (χ0n) is 9.87. The molecule has 0 saturated carbocycles. The highest BCUT2D eigenvalue weighted by atomic mass is 32.2. The third kappa shape index (κ3) is 3.77. The van der Waals surface area contributed by atoms with Gasteiger partial charge < -0.3 is 0 Å². The zero-order chi connectivity index (χ0) is 12.3. The summed E-state index contributed by atoms with van der Waals surface area (Å²) in [5, 5.41) is 1.36. The number of hydrogen-bond donors (Lipinski definition) is 0. The zero-order valence-corrected chi connectivity index (χ0v) is 11.6. The molecule has 0 amide bonds. The predicted molar refractivity (Wildman–Crippen MR) is 71.7 cm³/mol. The Hall–Kier alpha value is -0.440. The van der Waals surface area contributed by atoms with Gasteiger partial charge >= 0.3 is 0 Å². The van der Waals surface area contributed by atoms with Crippen LogP contribution in [-0.2, 0) is 14.3 Å². The summed E-state index contributed by atoms with van der Waals surface area (Å²) < 4.78 is 27.0. The van der Waals surface area contributed by atoms with Crippen LogP contribution in [0.3, 0.4) is 0 Å². The van der Waals surface area contributed by atoms with E-state index in [0.717, 1.165) is 12.7 Å². The highest BCUT2D eigenvalue weighted by Crippen LogP contribution is 2.48. The maximum Gasteiger partial charge on any atom is 0.264 e. The van der Waals surface area contributed by atoms with Crippen molar-refractivity contribution in [2.45, 2.75) is 18.5 Å². The fourth-order valence-electron chi connectivity index (χ4n) is 2.17. The Bertz CT molecular complexity index is 458. The molecule has 0 aromatic heterocycles. The van der Waals surface area contributed by atoms with Gasteiger partial charge in [-0.3, -0.25) is 4.18 Å². The Morgan fingerprint density at radius 2 is 2.06 bits per heavy atom. The molecule has 1 saturated heterocycles. The molecule has 1 fully saturated rings. The van der Waals surface area contributed by atoms with Crippen LogP contribution < -0.4 is 5.30 Å². The topological polar surface area (TPSA) is 43.4 Å². The summed E-state index contributed by atoms with van der Waals surface area (Å²) in [6.07, 6.45) is 4.57. The fourth-order valence-corrected chi connectivity index (χ4v) is 5.55. The second kappa shape index (κ2) is 5.47. The van der Waals surface area contributed by atoms with E-state index in [9.17, 15) is 8.42 Å². The first kappa shape index (κ1) is 13.0. The van der Waals surface area contributed by atoms with E-state index in [0.29, 0.717) is 12.3 Å². The van der Waals surface area contributed by atoms with Crippen molar-refractivity contribution in [3.05, 3.63) is 30.3 Å². The Balaban J connectivity index is 2.03. The lowest BCUT2D eigenvalue weighted by Crippen LogP contribution is -2.18. The summed E-state index contributed by atoms with van der Waals surface area (Å²) in [4.78, 5) is 0. The van der Waals surface area contributed by atoms with E-state index in [1.54, 1.807) is 0 Å². The molecule has 17 heavy (non-hydrogen) atoms. The Morgan fingerprint density at radius 1 is 1.35 bits per heavy atom. The summed E-state index contributed by atoms with van der Waals surface area (Å²) in [7, 11) is -3.55. The largest absolute Gasteiger partial charge is 0.270 e. The first-order chi connectivity index (χ1) is 8.06. The van der Waals surface area contributed by atoms with E-state index >= 15 is 0 Å². The van der Waals surface area contributed by atoms with E-state index in [4.69, 9.17) is 4.18 Å². The molecule has 1 aliphatic heterocycles. The molecule has 0 spiro atoms. The van der Waals surface area contributed by atoms with Gasteiger partial charge in [0.05, 0.1) is 12.9 Å². The van der Waals surface area contributed by atoms with Crippen molar-refractivity contribution in [3.63, 3.8) is 0 Å². The maximum atomic E-state index is 11.0. The van der Waals surface area contributed by atoms with Crippen molar-refractivity contribution >= 4 is 23.3 Å². The molecule has 1 heterocycles. The molecular weight excluding hydrogens is 255 g/mol. The Kier molecular flexibility index (Phi) is 4.18. The van der Waals surface area contributed by atoms with Crippen molar-refractivity contribution in [1.82, 2.24) is 0 Å². The van der Waals surface area contributed by atoms with E-state index in [1.807, 2.05) is 18.2 Å². The van der Waals surface area contributed by atoms with Gasteiger partial charge in [-0.1, -0.05) is 38.3 Å². The lowest BCUT2D eigenvalue weighted by molar-refractivity contribution is 0.318. The molecule has 1 aliphatic rings. The second-order valence-electron chi connectivity index (χ2n) is 4.31. The van der Waals surface area contributed by atoms with Crippen LogP contribution in [0.25, 0.3) is 0 Å². The van der Waals surface area contributed by atoms with E-state index < -0.39 is 10.1 Å². The molecule has 0 aliphatic carbocycles. The monoisotopic (exact) mass is 272 g/mol. The molecule has 0 bridgehead atoms. The minimum atomic E-state index is -3.31. The molecule has 1 unspecified atom stereocenters. The van der Waals surface area contributed by atoms with Crippen molar-refractivity contribution in [3.8, 4) is 0 Å². The van der Waals surface area contributed by atoms with Gasteiger partial charge in [-0.25, -0.2) is 0 Å². The first-order valence-corrected chi connectivity index (χ1v) is 9.13.